The van der Waals surface area contributed by atoms with Crippen LogP contribution >= 0.6 is 0 Å². The number of carbonyl (C=O) groups excluding carboxylic acids is 3. The summed E-state index contributed by atoms with van der Waals surface area (Å²) in [5.74, 6) is -14.9. The standard InChI is InChI=1S/C13H7F5N2O3/c14-7-4-3-20(13(18)2-1-5(21)19-12(13)23)11(22)6(4)8(15)10(17)9(7)16/h1-3H2,(H,19,21,23). The van der Waals surface area contributed by atoms with Gasteiger partial charge in [-0.3, -0.25) is 24.6 Å². The van der Waals surface area contributed by atoms with Crippen molar-refractivity contribution in [2.24, 2.45) is 0 Å². The summed E-state index contributed by atoms with van der Waals surface area (Å²) in [4.78, 5) is 35.0. The lowest BCUT2D eigenvalue weighted by molar-refractivity contribution is -0.154. The third-order valence-corrected chi connectivity index (χ3v) is 3.85. The maximum Gasteiger partial charge on any atom is 0.285 e. The largest absolute Gasteiger partial charge is 0.293 e. The Morgan fingerprint density at radius 2 is 1.57 bits per heavy atom. The van der Waals surface area contributed by atoms with Gasteiger partial charge >= 0.3 is 0 Å². The average Bonchev–Trinajstić information content (AvgIpc) is 2.85. The molecule has 0 bridgehead atoms. The number of amides is 3. The number of carbonyl (C=O) groups is 3. The lowest BCUT2D eigenvalue weighted by atomic mass is 10.0. The number of hydrogen-bond donors (Lipinski definition) is 1. The van der Waals surface area contributed by atoms with E-state index >= 15 is 0 Å². The zero-order valence-corrected chi connectivity index (χ0v) is 11.2. The number of halogens is 5. The molecular formula is C13H7F5N2O3. The maximum atomic E-state index is 14.8. The Morgan fingerprint density at radius 1 is 0.957 bits per heavy atom. The molecule has 2 aliphatic heterocycles. The highest BCUT2D eigenvalue weighted by Crippen LogP contribution is 2.38. The van der Waals surface area contributed by atoms with Crippen LogP contribution in [0.3, 0.4) is 0 Å². The molecule has 1 fully saturated rings. The third-order valence-electron chi connectivity index (χ3n) is 3.85. The van der Waals surface area contributed by atoms with Gasteiger partial charge in [-0.2, -0.15) is 0 Å². The fourth-order valence-electron chi connectivity index (χ4n) is 2.63. The molecular weight excluding hydrogens is 327 g/mol. The van der Waals surface area contributed by atoms with Crippen molar-refractivity contribution in [3.05, 3.63) is 34.4 Å². The predicted octanol–water partition coefficient (Wildman–Crippen LogP) is 1.30. The minimum atomic E-state index is -3.05. The first-order valence-corrected chi connectivity index (χ1v) is 6.38. The van der Waals surface area contributed by atoms with E-state index in [4.69, 9.17) is 0 Å². The minimum Gasteiger partial charge on any atom is -0.293 e. The molecule has 5 nitrogen and oxygen atoms in total. The van der Waals surface area contributed by atoms with Gasteiger partial charge in [-0.05, 0) is 0 Å². The average molecular weight is 334 g/mol. The maximum absolute atomic E-state index is 14.8. The Bertz CT molecular complexity index is 782. The van der Waals surface area contributed by atoms with Crippen molar-refractivity contribution in [2.45, 2.75) is 25.2 Å². The van der Waals surface area contributed by atoms with Crippen molar-refractivity contribution in [3.63, 3.8) is 0 Å². The Hall–Kier alpha value is -2.52. The molecule has 1 unspecified atom stereocenters. The van der Waals surface area contributed by atoms with Crippen LogP contribution in [-0.4, -0.2) is 28.4 Å². The van der Waals surface area contributed by atoms with Crippen molar-refractivity contribution < 1.29 is 36.3 Å². The molecule has 122 valence electrons. The van der Waals surface area contributed by atoms with Crippen LogP contribution in [0.15, 0.2) is 0 Å². The lowest BCUT2D eigenvalue weighted by Gasteiger charge is -2.35. The molecule has 3 rings (SSSR count). The molecule has 1 atom stereocenters. The lowest BCUT2D eigenvalue weighted by Crippen LogP contribution is -2.60. The van der Waals surface area contributed by atoms with Gasteiger partial charge in [0.05, 0.1) is 12.1 Å². The van der Waals surface area contributed by atoms with E-state index in [1.807, 2.05) is 0 Å². The van der Waals surface area contributed by atoms with E-state index in [0.717, 1.165) is 0 Å². The second-order valence-corrected chi connectivity index (χ2v) is 5.14. The van der Waals surface area contributed by atoms with Gasteiger partial charge < -0.3 is 0 Å². The van der Waals surface area contributed by atoms with Crippen LogP contribution in [0.2, 0.25) is 0 Å². The number of nitrogens with zero attached hydrogens (tertiary/aromatic N) is 1. The Kier molecular flexibility index (Phi) is 3.17. The van der Waals surface area contributed by atoms with Crippen molar-refractivity contribution in [2.75, 3.05) is 0 Å². The van der Waals surface area contributed by atoms with E-state index in [9.17, 15) is 36.3 Å². The minimum absolute atomic E-state index is 0.157. The number of benzene rings is 1. The summed E-state index contributed by atoms with van der Waals surface area (Å²) in [7, 11) is 0. The smallest absolute Gasteiger partial charge is 0.285 e. The monoisotopic (exact) mass is 334 g/mol. The number of piperidine rings is 1. The molecule has 1 saturated heterocycles. The molecule has 3 amide bonds. The molecule has 0 spiro atoms. The third kappa shape index (κ3) is 1.93. The summed E-state index contributed by atoms with van der Waals surface area (Å²) < 4.78 is 68.7. The number of alkyl halides is 1. The molecule has 23 heavy (non-hydrogen) atoms. The van der Waals surface area contributed by atoms with Crippen LogP contribution < -0.4 is 5.32 Å². The van der Waals surface area contributed by atoms with Gasteiger partial charge in [-0.1, -0.05) is 0 Å². The van der Waals surface area contributed by atoms with Crippen molar-refractivity contribution in [1.29, 1.82) is 0 Å². The molecule has 1 aromatic carbocycles. The van der Waals surface area contributed by atoms with E-state index in [1.165, 1.54) is 0 Å². The summed E-state index contributed by atoms with van der Waals surface area (Å²) in [6, 6.07) is 0. The second-order valence-electron chi connectivity index (χ2n) is 5.14. The van der Waals surface area contributed by atoms with Crippen LogP contribution in [0.1, 0.15) is 28.8 Å². The van der Waals surface area contributed by atoms with Crippen molar-refractivity contribution in [3.8, 4) is 0 Å². The fourth-order valence-corrected chi connectivity index (χ4v) is 2.63. The molecule has 2 aliphatic rings. The summed E-state index contributed by atoms with van der Waals surface area (Å²) in [6.45, 7) is -0.966. The van der Waals surface area contributed by atoms with Crippen LogP contribution in [0.5, 0.6) is 0 Å². The Balaban J connectivity index is 2.08. The van der Waals surface area contributed by atoms with Crippen LogP contribution in [0.4, 0.5) is 22.0 Å². The molecule has 0 radical (unpaired) electrons. The summed E-state index contributed by atoms with van der Waals surface area (Å²) in [5, 5.41) is 1.66. The van der Waals surface area contributed by atoms with Crippen molar-refractivity contribution in [1.82, 2.24) is 10.2 Å². The van der Waals surface area contributed by atoms with E-state index in [1.54, 1.807) is 5.32 Å². The molecule has 1 N–H and O–H groups in total. The fraction of sp³-hybridized carbons (Fsp3) is 0.308. The van der Waals surface area contributed by atoms with Gasteiger partial charge in [0, 0.05) is 18.4 Å². The molecule has 1 aromatic rings. The van der Waals surface area contributed by atoms with Crippen LogP contribution in [0, 0.1) is 23.3 Å². The second kappa shape index (κ2) is 4.74. The highest BCUT2D eigenvalue weighted by atomic mass is 19.2. The van der Waals surface area contributed by atoms with E-state index in [0.29, 0.717) is 0 Å². The van der Waals surface area contributed by atoms with Gasteiger partial charge in [-0.15, -0.1) is 0 Å². The first kappa shape index (κ1) is 15.4. The molecule has 10 heteroatoms. The normalized spacial score (nSPS) is 24.0. The van der Waals surface area contributed by atoms with E-state index < -0.39 is 77.3 Å². The summed E-state index contributed by atoms with van der Waals surface area (Å²) in [6.07, 6.45) is -1.18. The summed E-state index contributed by atoms with van der Waals surface area (Å²) in [5.41, 5.74) is -2.05. The number of fused-ring (bicyclic) bond motifs is 1. The molecule has 2 heterocycles. The van der Waals surface area contributed by atoms with Crippen LogP contribution in [-0.2, 0) is 16.1 Å². The number of imide groups is 1. The number of hydrogen-bond acceptors (Lipinski definition) is 3. The quantitative estimate of drug-likeness (QED) is 0.277. The number of rotatable bonds is 1. The van der Waals surface area contributed by atoms with Gasteiger partial charge in [0.2, 0.25) is 5.91 Å². The van der Waals surface area contributed by atoms with Gasteiger partial charge in [0.25, 0.3) is 17.6 Å². The summed E-state index contributed by atoms with van der Waals surface area (Å²) >= 11 is 0. The molecule has 0 aliphatic carbocycles. The molecule has 0 saturated carbocycles. The van der Waals surface area contributed by atoms with Gasteiger partial charge in [-0.25, -0.2) is 22.0 Å². The Labute approximate surface area is 125 Å². The predicted molar refractivity (Wildman–Crippen MR) is 62.4 cm³/mol. The Morgan fingerprint density at radius 3 is 2.17 bits per heavy atom. The zero-order valence-electron chi connectivity index (χ0n) is 11.2. The highest BCUT2D eigenvalue weighted by molar-refractivity contribution is 6.06. The highest BCUT2D eigenvalue weighted by Gasteiger charge is 2.54. The first-order valence-electron chi connectivity index (χ1n) is 6.38. The van der Waals surface area contributed by atoms with E-state index in [2.05, 4.69) is 0 Å². The zero-order chi connectivity index (χ0) is 17.1. The van der Waals surface area contributed by atoms with Crippen molar-refractivity contribution >= 4 is 17.7 Å². The first-order chi connectivity index (χ1) is 10.7. The van der Waals surface area contributed by atoms with E-state index in [-0.39, 0.29) is 4.90 Å². The van der Waals surface area contributed by atoms with Crippen LogP contribution in [0.25, 0.3) is 0 Å². The van der Waals surface area contributed by atoms with Gasteiger partial charge in [0.15, 0.2) is 23.3 Å². The SMILES string of the molecule is O=C1CCC(F)(N2Cc3c(F)c(F)c(F)c(F)c3C2=O)C(=O)N1. The van der Waals surface area contributed by atoms with Gasteiger partial charge in [0.1, 0.15) is 0 Å². The topological polar surface area (TPSA) is 66.5 Å². The molecule has 0 aromatic heterocycles. The number of nitrogens with one attached hydrogen (secondary N) is 1.